The minimum absolute atomic E-state index is 0.00686. The minimum atomic E-state index is -5.06. The summed E-state index contributed by atoms with van der Waals surface area (Å²) in [5, 5.41) is 9.62. The van der Waals surface area contributed by atoms with Gasteiger partial charge >= 0.3 is 18.3 Å². The molecule has 1 amide bonds. The molecule has 1 N–H and O–H groups in total. The molecule has 0 saturated heterocycles. The first-order valence-electron chi connectivity index (χ1n) is 13.1. The Morgan fingerprint density at radius 3 is 2.19 bits per heavy atom. The number of hydrogen-bond acceptors (Lipinski definition) is 4. The van der Waals surface area contributed by atoms with Gasteiger partial charge in [-0.15, -0.1) is 0 Å². The van der Waals surface area contributed by atoms with E-state index in [0.29, 0.717) is 24.1 Å². The number of carboxylic acid groups (broad SMARTS) is 1. The van der Waals surface area contributed by atoms with E-state index in [-0.39, 0.29) is 58.4 Å². The molecule has 0 saturated carbocycles. The van der Waals surface area contributed by atoms with E-state index >= 15 is 0 Å². The number of aromatic carboxylic acids is 1. The monoisotopic (exact) mass is 603 g/mol. The maximum absolute atomic E-state index is 14.3. The Labute approximate surface area is 240 Å². The van der Waals surface area contributed by atoms with Crippen LogP contribution in [0.5, 0.6) is 0 Å². The zero-order valence-corrected chi connectivity index (χ0v) is 22.5. The van der Waals surface area contributed by atoms with Crippen LogP contribution in [0.25, 0.3) is 22.0 Å². The zero-order chi connectivity index (χ0) is 31.3. The van der Waals surface area contributed by atoms with Crippen molar-refractivity contribution in [3.8, 4) is 11.1 Å². The molecule has 0 fully saturated rings. The highest BCUT2D eigenvalue weighted by Gasteiger charge is 2.38. The second-order valence-electron chi connectivity index (χ2n) is 10.5. The molecule has 4 aromatic rings. The van der Waals surface area contributed by atoms with Crippen molar-refractivity contribution in [1.82, 2.24) is 14.5 Å². The van der Waals surface area contributed by atoms with Gasteiger partial charge in [-0.2, -0.15) is 26.3 Å². The molecule has 13 heteroatoms. The van der Waals surface area contributed by atoms with Crippen molar-refractivity contribution in [2.45, 2.75) is 38.8 Å². The molecule has 0 spiro atoms. The summed E-state index contributed by atoms with van der Waals surface area (Å²) >= 11 is 0. The lowest BCUT2D eigenvalue weighted by Crippen LogP contribution is -2.41. The molecule has 2 aromatic carbocycles. The van der Waals surface area contributed by atoms with E-state index < -0.39 is 47.5 Å². The van der Waals surface area contributed by atoms with Crippen LogP contribution in [-0.4, -0.2) is 38.0 Å². The van der Waals surface area contributed by atoms with E-state index in [9.17, 15) is 45.8 Å². The SMILES string of the molecule is CC1CCn2c(c(-c3ccc(C(=O)O)cc3)c3cccnc3c2=O)C(=O)N(Cc2cc(C(F)(F)F)cc(C(F)(F)F)c2)C1. The van der Waals surface area contributed by atoms with Crippen molar-refractivity contribution in [3.05, 3.63) is 99.1 Å². The van der Waals surface area contributed by atoms with Gasteiger partial charge in [0.25, 0.3) is 11.5 Å². The highest BCUT2D eigenvalue weighted by molar-refractivity contribution is 6.08. The number of rotatable bonds is 4. The Morgan fingerprint density at radius 2 is 1.60 bits per heavy atom. The third-order valence-corrected chi connectivity index (χ3v) is 7.34. The van der Waals surface area contributed by atoms with Crippen molar-refractivity contribution >= 4 is 22.8 Å². The first-order valence-corrected chi connectivity index (χ1v) is 13.1. The van der Waals surface area contributed by atoms with E-state index in [1.165, 1.54) is 35.0 Å². The molecule has 1 atom stereocenters. The summed E-state index contributed by atoms with van der Waals surface area (Å²) in [5.41, 5.74) is -3.47. The number of pyridine rings is 2. The summed E-state index contributed by atoms with van der Waals surface area (Å²) in [5.74, 6) is -2.24. The number of amides is 1. The van der Waals surface area contributed by atoms with E-state index in [2.05, 4.69) is 4.98 Å². The average molecular weight is 604 g/mol. The van der Waals surface area contributed by atoms with Gasteiger partial charge in [0.15, 0.2) is 0 Å². The van der Waals surface area contributed by atoms with Gasteiger partial charge in [-0.05, 0) is 59.9 Å². The lowest BCUT2D eigenvalue weighted by Gasteiger charge is -2.32. The molecular weight excluding hydrogens is 580 g/mol. The van der Waals surface area contributed by atoms with Gasteiger partial charge in [-0.25, -0.2) is 4.79 Å². The number of alkyl halides is 6. The van der Waals surface area contributed by atoms with Gasteiger partial charge in [0.2, 0.25) is 0 Å². The smallest absolute Gasteiger partial charge is 0.416 e. The number of benzene rings is 2. The van der Waals surface area contributed by atoms with Crippen molar-refractivity contribution in [1.29, 1.82) is 0 Å². The molecule has 5 rings (SSSR count). The van der Waals surface area contributed by atoms with Gasteiger partial charge in [-0.3, -0.25) is 14.6 Å². The number of nitrogens with zero attached hydrogens (tertiary/aromatic N) is 3. The van der Waals surface area contributed by atoms with Crippen molar-refractivity contribution in [2.75, 3.05) is 6.54 Å². The van der Waals surface area contributed by atoms with Gasteiger partial charge in [0, 0.05) is 36.8 Å². The molecule has 1 unspecified atom stereocenters. The molecule has 7 nitrogen and oxygen atoms in total. The fourth-order valence-corrected chi connectivity index (χ4v) is 5.29. The molecule has 3 heterocycles. The largest absolute Gasteiger partial charge is 0.478 e. The summed E-state index contributed by atoms with van der Waals surface area (Å²) in [6.45, 7) is 1.26. The fourth-order valence-electron chi connectivity index (χ4n) is 5.29. The van der Waals surface area contributed by atoms with Crippen molar-refractivity contribution in [3.63, 3.8) is 0 Å². The maximum Gasteiger partial charge on any atom is 0.416 e. The third kappa shape index (κ3) is 5.84. The summed E-state index contributed by atoms with van der Waals surface area (Å²) in [6, 6.07) is 9.83. The summed E-state index contributed by atoms with van der Waals surface area (Å²) in [6.07, 6.45) is -8.36. The summed E-state index contributed by atoms with van der Waals surface area (Å²) in [4.78, 5) is 44.7. The van der Waals surface area contributed by atoms with Crippen LogP contribution in [0.4, 0.5) is 26.3 Å². The maximum atomic E-state index is 14.3. The topological polar surface area (TPSA) is 92.5 Å². The van der Waals surface area contributed by atoms with Crippen LogP contribution >= 0.6 is 0 Å². The first kappa shape index (κ1) is 29.8. The van der Waals surface area contributed by atoms with E-state index in [1.54, 1.807) is 19.1 Å². The highest BCUT2D eigenvalue weighted by atomic mass is 19.4. The molecule has 0 radical (unpaired) electrons. The standard InChI is InChI=1S/C30H23F6N3O4/c1-16-8-10-39-25(23(18-4-6-19(7-5-18)28(42)43)22-3-2-9-37-24(22)26(39)40)27(41)38(14-16)15-17-11-20(29(31,32)33)13-21(12-17)30(34,35)36/h2-7,9,11-13,16H,8,10,14-15H2,1H3,(H,42,43). The second kappa shape index (κ2) is 10.9. The average Bonchev–Trinajstić information content (AvgIpc) is 2.94. The zero-order valence-electron chi connectivity index (χ0n) is 22.5. The molecule has 2 aromatic heterocycles. The molecule has 1 aliphatic heterocycles. The van der Waals surface area contributed by atoms with Crippen LogP contribution in [0.3, 0.4) is 0 Å². The number of aromatic nitrogens is 2. The Balaban J connectivity index is 1.72. The Kier molecular flexibility index (Phi) is 7.53. The number of carboxylic acids is 1. The molecule has 1 aliphatic rings. The Morgan fingerprint density at radius 1 is 0.977 bits per heavy atom. The number of carbonyl (C=O) groups is 2. The molecule has 224 valence electrons. The van der Waals surface area contributed by atoms with E-state index in [4.69, 9.17) is 0 Å². The number of carbonyl (C=O) groups excluding carboxylic acids is 1. The van der Waals surface area contributed by atoms with Crippen LogP contribution in [0, 0.1) is 5.92 Å². The van der Waals surface area contributed by atoms with Crippen LogP contribution in [-0.2, 0) is 25.4 Å². The highest BCUT2D eigenvalue weighted by Crippen LogP contribution is 2.37. The fraction of sp³-hybridized carbons (Fsp3) is 0.267. The van der Waals surface area contributed by atoms with Gasteiger partial charge in [0.1, 0.15) is 11.2 Å². The first-order chi connectivity index (χ1) is 20.1. The quantitative estimate of drug-likeness (QED) is 0.270. The molecule has 0 bridgehead atoms. The number of hydrogen-bond donors (Lipinski definition) is 1. The van der Waals surface area contributed by atoms with Gasteiger partial charge in [-0.1, -0.05) is 25.1 Å². The summed E-state index contributed by atoms with van der Waals surface area (Å²) < 4.78 is 82.5. The predicted molar refractivity (Wildman–Crippen MR) is 143 cm³/mol. The summed E-state index contributed by atoms with van der Waals surface area (Å²) in [7, 11) is 0. The number of halogens is 6. The molecule has 43 heavy (non-hydrogen) atoms. The number of fused-ring (bicyclic) bond motifs is 2. The normalized spacial score (nSPS) is 16.1. The minimum Gasteiger partial charge on any atom is -0.478 e. The van der Waals surface area contributed by atoms with Crippen LogP contribution in [0.2, 0.25) is 0 Å². The van der Waals surface area contributed by atoms with Crippen LogP contribution < -0.4 is 5.56 Å². The van der Waals surface area contributed by atoms with Crippen molar-refractivity contribution in [2.24, 2.45) is 5.92 Å². The van der Waals surface area contributed by atoms with Crippen molar-refractivity contribution < 1.29 is 41.0 Å². The Hall–Kier alpha value is -4.68. The van der Waals surface area contributed by atoms with Crippen LogP contribution in [0.15, 0.2) is 65.6 Å². The Bertz CT molecular complexity index is 1760. The predicted octanol–water partition coefficient (Wildman–Crippen LogP) is 6.48. The lowest BCUT2D eigenvalue weighted by atomic mass is 9.95. The van der Waals surface area contributed by atoms with E-state index in [1.807, 2.05) is 0 Å². The third-order valence-electron chi connectivity index (χ3n) is 7.34. The lowest BCUT2D eigenvalue weighted by molar-refractivity contribution is -0.143. The molecular formula is C30H23F6N3O4. The van der Waals surface area contributed by atoms with Gasteiger partial charge in [0.05, 0.1) is 16.7 Å². The van der Waals surface area contributed by atoms with Gasteiger partial charge < -0.3 is 14.6 Å². The molecule has 0 aliphatic carbocycles. The van der Waals surface area contributed by atoms with E-state index in [0.717, 1.165) is 4.90 Å². The second-order valence-corrected chi connectivity index (χ2v) is 10.5. The van der Waals surface area contributed by atoms with Crippen LogP contribution in [0.1, 0.15) is 50.9 Å².